The first-order valence-electron chi connectivity index (χ1n) is 7.06. The molecule has 1 aromatic rings. The van der Waals surface area contributed by atoms with E-state index in [0.717, 1.165) is 21.1 Å². The summed E-state index contributed by atoms with van der Waals surface area (Å²) in [5, 5.41) is 4.52. The largest absolute Gasteiger partial charge is 0.381 e. The number of fused-ring (bicyclic) bond motifs is 2. The van der Waals surface area contributed by atoms with Gasteiger partial charge in [-0.2, -0.15) is 0 Å². The van der Waals surface area contributed by atoms with Crippen molar-refractivity contribution < 1.29 is 0 Å². The average molecular weight is 343 g/mol. The standard InChI is InChI=1S/C16H21BrClN/c1-15(2)10-6-7-16(15,3)14(8-10)19-13-5-4-11(17)9-12(13)18/h4-5,9-10,14,19H,6-8H2,1-3H3. The Labute approximate surface area is 129 Å². The Bertz CT molecular complexity index is 513. The molecule has 2 aliphatic carbocycles. The third kappa shape index (κ3) is 1.94. The third-order valence-corrected chi connectivity index (χ3v) is 6.86. The summed E-state index contributed by atoms with van der Waals surface area (Å²) in [6, 6.07) is 6.63. The molecule has 19 heavy (non-hydrogen) atoms. The highest BCUT2D eigenvalue weighted by molar-refractivity contribution is 9.10. The van der Waals surface area contributed by atoms with Crippen LogP contribution in [0.5, 0.6) is 0 Å². The Morgan fingerprint density at radius 3 is 2.58 bits per heavy atom. The number of hydrogen-bond donors (Lipinski definition) is 1. The van der Waals surface area contributed by atoms with Gasteiger partial charge in [-0.1, -0.05) is 48.3 Å². The molecule has 3 rings (SSSR count). The summed E-state index contributed by atoms with van der Waals surface area (Å²) in [7, 11) is 0. The fourth-order valence-electron chi connectivity index (χ4n) is 4.22. The topological polar surface area (TPSA) is 12.0 Å². The summed E-state index contributed by atoms with van der Waals surface area (Å²) >= 11 is 9.79. The predicted molar refractivity (Wildman–Crippen MR) is 85.8 cm³/mol. The smallest absolute Gasteiger partial charge is 0.0648 e. The minimum absolute atomic E-state index is 0.383. The van der Waals surface area contributed by atoms with Gasteiger partial charge in [0, 0.05) is 10.5 Å². The first-order valence-corrected chi connectivity index (χ1v) is 8.23. The van der Waals surface area contributed by atoms with Crippen molar-refractivity contribution in [1.29, 1.82) is 0 Å². The van der Waals surface area contributed by atoms with E-state index in [1.165, 1.54) is 19.3 Å². The molecule has 0 spiro atoms. The highest BCUT2D eigenvalue weighted by Crippen LogP contribution is 2.65. The molecule has 2 bridgehead atoms. The zero-order valence-electron chi connectivity index (χ0n) is 11.8. The molecule has 0 aromatic heterocycles. The SMILES string of the molecule is CC1(C)C2CCC1(C)C(Nc1ccc(Br)cc1Cl)C2. The lowest BCUT2D eigenvalue weighted by atomic mass is 9.69. The Morgan fingerprint density at radius 2 is 2.05 bits per heavy atom. The monoisotopic (exact) mass is 341 g/mol. The van der Waals surface area contributed by atoms with Gasteiger partial charge in [0.1, 0.15) is 0 Å². The molecule has 1 aromatic carbocycles. The molecule has 0 heterocycles. The maximum atomic E-state index is 6.33. The van der Waals surface area contributed by atoms with Crippen LogP contribution >= 0.6 is 27.5 Å². The van der Waals surface area contributed by atoms with Crippen molar-refractivity contribution in [3.63, 3.8) is 0 Å². The second-order valence-corrected chi connectivity index (χ2v) is 8.25. The summed E-state index contributed by atoms with van der Waals surface area (Å²) in [6.07, 6.45) is 3.99. The van der Waals surface area contributed by atoms with Gasteiger partial charge in [0.25, 0.3) is 0 Å². The molecule has 2 saturated carbocycles. The summed E-state index contributed by atoms with van der Waals surface area (Å²) < 4.78 is 1.03. The number of rotatable bonds is 2. The van der Waals surface area contributed by atoms with E-state index in [0.29, 0.717) is 16.9 Å². The van der Waals surface area contributed by atoms with Crippen LogP contribution in [0.4, 0.5) is 5.69 Å². The average Bonchev–Trinajstić information content (AvgIpc) is 2.65. The first-order chi connectivity index (χ1) is 8.84. The Morgan fingerprint density at radius 1 is 1.32 bits per heavy atom. The second-order valence-electron chi connectivity index (χ2n) is 6.93. The normalized spacial score (nSPS) is 35.6. The molecular weight excluding hydrogens is 322 g/mol. The highest BCUT2D eigenvalue weighted by atomic mass is 79.9. The van der Waals surface area contributed by atoms with E-state index in [1.54, 1.807) is 0 Å². The van der Waals surface area contributed by atoms with Gasteiger partial charge in [0.2, 0.25) is 0 Å². The quantitative estimate of drug-likeness (QED) is 0.723. The number of nitrogens with one attached hydrogen (secondary N) is 1. The molecule has 0 saturated heterocycles. The molecule has 2 fully saturated rings. The lowest BCUT2D eigenvalue weighted by Crippen LogP contribution is -2.40. The Balaban J connectivity index is 1.86. The lowest BCUT2D eigenvalue weighted by Gasteiger charge is -2.40. The zero-order chi connectivity index (χ0) is 13.8. The molecule has 3 atom stereocenters. The first kappa shape index (κ1) is 13.8. The molecule has 0 aliphatic heterocycles. The number of halogens is 2. The summed E-state index contributed by atoms with van der Waals surface area (Å²) in [5.74, 6) is 0.851. The highest BCUT2D eigenvalue weighted by Gasteiger charge is 2.61. The lowest BCUT2D eigenvalue weighted by molar-refractivity contribution is 0.142. The van der Waals surface area contributed by atoms with Crippen LogP contribution in [0, 0.1) is 16.7 Å². The maximum absolute atomic E-state index is 6.33. The van der Waals surface area contributed by atoms with Gasteiger partial charge < -0.3 is 5.32 Å². The predicted octanol–water partition coefficient (Wildman–Crippen LogP) is 5.73. The van der Waals surface area contributed by atoms with E-state index in [1.807, 2.05) is 6.07 Å². The minimum atomic E-state index is 0.383. The van der Waals surface area contributed by atoms with Crippen molar-refractivity contribution in [2.24, 2.45) is 16.7 Å². The van der Waals surface area contributed by atoms with Crippen LogP contribution < -0.4 is 5.32 Å². The number of benzene rings is 1. The molecule has 3 heteroatoms. The van der Waals surface area contributed by atoms with Crippen LogP contribution in [0.3, 0.4) is 0 Å². The molecule has 1 nitrogen and oxygen atoms in total. The van der Waals surface area contributed by atoms with Crippen molar-refractivity contribution in [3.05, 3.63) is 27.7 Å². The van der Waals surface area contributed by atoms with E-state index >= 15 is 0 Å². The number of hydrogen-bond acceptors (Lipinski definition) is 1. The van der Waals surface area contributed by atoms with Crippen LogP contribution in [0.1, 0.15) is 40.0 Å². The van der Waals surface area contributed by atoms with E-state index in [9.17, 15) is 0 Å². The second kappa shape index (κ2) is 4.39. The van der Waals surface area contributed by atoms with E-state index in [-0.39, 0.29) is 0 Å². The van der Waals surface area contributed by atoms with Crippen LogP contribution in [0.2, 0.25) is 5.02 Å². The summed E-state index contributed by atoms with van der Waals surface area (Å²) in [4.78, 5) is 0. The fraction of sp³-hybridized carbons (Fsp3) is 0.625. The van der Waals surface area contributed by atoms with Gasteiger partial charge in [-0.15, -0.1) is 0 Å². The van der Waals surface area contributed by atoms with E-state index in [2.05, 4.69) is 54.2 Å². The maximum Gasteiger partial charge on any atom is 0.0648 e. The number of anilines is 1. The van der Waals surface area contributed by atoms with Gasteiger partial charge >= 0.3 is 0 Å². The molecule has 2 aliphatic rings. The van der Waals surface area contributed by atoms with Crippen LogP contribution in [-0.4, -0.2) is 6.04 Å². The third-order valence-electron chi connectivity index (χ3n) is 6.05. The van der Waals surface area contributed by atoms with E-state index < -0.39 is 0 Å². The molecular formula is C16H21BrClN. The van der Waals surface area contributed by atoms with Crippen molar-refractivity contribution in [1.82, 2.24) is 0 Å². The van der Waals surface area contributed by atoms with Crippen LogP contribution in [0.25, 0.3) is 0 Å². The van der Waals surface area contributed by atoms with Crippen molar-refractivity contribution >= 4 is 33.2 Å². The summed E-state index contributed by atoms with van der Waals surface area (Å²) in [6.45, 7) is 7.33. The molecule has 0 radical (unpaired) electrons. The zero-order valence-corrected chi connectivity index (χ0v) is 14.1. The molecule has 0 amide bonds. The van der Waals surface area contributed by atoms with Crippen LogP contribution in [0.15, 0.2) is 22.7 Å². The fourth-order valence-corrected chi connectivity index (χ4v) is 4.94. The molecule has 104 valence electrons. The molecule has 1 N–H and O–H groups in total. The van der Waals surface area contributed by atoms with Crippen molar-refractivity contribution in [3.8, 4) is 0 Å². The van der Waals surface area contributed by atoms with Crippen molar-refractivity contribution in [2.45, 2.75) is 46.1 Å². The Hall–Kier alpha value is -0.210. The van der Waals surface area contributed by atoms with Gasteiger partial charge in [0.05, 0.1) is 10.7 Å². The van der Waals surface area contributed by atoms with Gasteiger partial charge in [0.15, 0.2) is 0 Å². The van der Waals surface area contributed by atoms with E-state index in [4.69, 9.17) is 11.6 Å². The summed E-state index contributed by atoms with van der Waals surface area (Å²) in [5.41, 5.74) is 1.89. The van der Waals surface area contributed by atoms with Crippen LogP contribution in [-0.2, 0) is 0 Å². The Kier molecular flexibility index (Phi) is 3.18. The van der Waals surface area contributed by atoms with Gasteiger partial charge in [-0.3, -0.25) is 0 Å². The minimum Gasteiger partial charge on any atom is -0.381 e. The molecule has 3 unspecified atom stereocenters. The van der Waals surface area contributed by atoms with Crippen molar-refractivity contribution in [2.75, 3.05) is 5.32 Å². The van der Waals surface area contributed by atoms with Gasteiger partial charge in [-0.05, 0) is 54.2 Å². The van der Waals surface area contributed by atoms with Gasteiger partial charge in [-0.25, -0.2) is 0 Å².